The monoisotopic (exact) mass is 498 g/mol. The molecule has 2 aromatic rings. The summed E-state index contributed by atoms with van der Waals surface area (Å²) in [4.78, 5) is -0.0240. The van der Waals surface area contributed by atoms with Crippen LogP contribution in [0.2, 0.25) is 0 Å². The molecule has 180 valence electrons. The summed E-state index contributed by atoms with van der Waals surface area (Å²) in [6.45, 7) is 4.46. The fourth-order valence-electron chi connectivity index (χ4n) is 4.60. The van der Waals surface area contributed by atoms with E-state index in [0.29, 0.717) is 6.42 Å². The Hall–Kier alpha value is 0.246. The Balaban J connectivity index is 0.00000544. The van der Waals surface area contributed by atoms with Crippen molar-refractivity contribution in [3.63, 3.8) is 0 Å². The first-order valence-electron chi connectivity index (χ1n) is 13.0. The molecule has 0 aliphatic rings. The third kappa shape index (κ3) is 11.7. The van der Waals surface area contributed by atoms with Gasteiger partial charge in [-0.3, -0.25) is 0 Å². The molecule has 0 N–H and O–H groups in total. The maximum absolute atomic E-state index is 12.0. The quantitative estimate of drug-likeness (QED) is 0.168. The summed E-state index contributed by atoms with van der Waals surface area (Å²) in [5.74, 6) is 0. The van der Waals surface area contributed by atoms with E-state index < -0.39 is 10.1 Å². The van der Waals surface area contributed by atoms with Gasteiger partial charge in [0.1, 0.15) is 10.1 Å². The Bertz CT molecular complexity index is 909. The van der Waals surface area contributed by atoms with Gasteiger partial charge in [0.05, 0.1) is 4.90 Å². The summed E-state index contributed by atoms with van der Waals surface area (Å²) in [6, 6.07) is 9.67. The number of unbranched alkanes of at least 4 members (excludes halogenated alkanes) is 12. The van der Waals surface area contributed by atoms with Gasteiger partial charge in [-0.1, -0.05) is 115 Å². The molecule has 0 bridgehead atoms. The zero-order chi connectivity index (χ0) is 23.2. The minimum absolute atomic E-state index is 0. The normalized spacial score (nSPS) is 11.6. The molecule has 33 heavy (non-hydrogen) atoms. The van der Waals surface area contributed by atoms with Gasteiger partial charge in [0.2, 0.25) is 0 Å². The molecule has 0 radical (unpaired) electrons. The molecule has 2 rings (SSSR count). The summed E-state index contributed by atoms with van der Waals surface area (Å²) >= 11 is 0. The van der Waals surface area contributed by atoms with Gasteiger partial charge >= 0.3 is 51.4 Å². The van der Waals surface area contributed by atoms with E-state index >= 15 is 0 Å². The van der Waals surface area contributed by atoms with Crippen molar-refractivity contribution in [1.82, 2.24) is 0 Å². The predicted molar refractivity (Wildman–Crippen MR) is 135 cm³/mol. The van der Waals surface area contributed by atoms with Crippen LogP contribution in [0.1, 0.15) is 115 Å². The van der Waals surface area contributed by atoms with Gasteiger partial charge < -0.3 is 4.55 Å². The third-order valence-corrected chi connectivity index (χ3v) is 7.44. The van der Waals surface area contributed by atoms with Crippen molar-refractivity contribution in [3.05, 3.63) is 41.5 Å². The molecular weight excluding hydrogens is 455 g/mol. The SMILES string of the molecule is CCCCCCCCCc1ccc2ccc(S(=O)(=O)[O-])c(CCCCCCCCC)c2c1.[K+]. The van der Waals surface area contributed by atoms with Crippen LogP contribution in [0.25, 0.3) is 10.8 Å². The Morgan fingerprint density at radius 1 is 0.667 bits per heavy atom. The van der Waals surface area contributed by atoms with Gasteiger partial charge in [0.15, 0.2) is 0 Å². The van der Waals surface area contributed by atoms with E-state index in [1.807, 2.05) is 0 Å². The second-order valence-corrected chi connectivity index (χ2v) is 10.6. The van der Waals surface area contributed by atoms with Crippen LogP contribution >= 0.6 is 0 Å². The number of benzene rings is 2. The molecule has 0 heterocycles. The van der Waals surface area contributed by atoms with E-state index in [1.165, 1.54) is 82.3 Å². The van der Waals surface area contributed by atoms with Crippen molar-refractivity contribution in [2.45, 2.75) is 121 Å². The number of rotatable bonds is 17. The minimum Gasteiger partial charge on any atom is -0.744 e. The molecule has 0 unspecified atom stereocenters. The molecule has 0 aliphatic carbocycles. The Morgan fingerprint density at radius 2 is 1.15 bits per heavy atom. The fourth-order valence-corrected chi connectivity index (χ4v) is 5.35. The van der Waals surface area contributed by atoms with Crippen molar-refractivity contribution in [3.8, 4) is 0 Å². The van der Waals surface area contributed by atoms with Crippen molar-refractivity contribution in [2.24, 2.45) is 0 Å². The van der Waals surface area contributed by atoms with Crippen molar-refractivity contribution in [1.29, 1.82) is 0 Å². The Kier molecular flexibility index (Phi) is 16.7. The van der Waals surface area contributed by atoms with E-state index in [2.05, 4.69) is 32.0 Å². The maximum atomic E-state index is 12.0. The van der Waals surface area contributed by atoms with E-state index in [9.17, 15) is 13.0 Å². The first-order valence-corrected chi connectivity index (χ1v) is 14.4. The van der Waals surface area contributed by atoms with Crippen molar-refractivity contribution < 1.29 is 64.4 Å². The van der Waals surface area contributed by atoms with Crippen LogP contribution in [0.4, 0.5) is 0 Å². The van der Waals surface area contributed by atoms with Crippen LogP contribution in [0.5, 0.6) is 0 Å². The number of fused-ring (bicyclic) bond motifs is 1. The molecule has 5 heteroatoms. The number of hydrogen-bond donors (Lipinski definition) is 0. The van der Waals surface area contributed by atoms with E-state index in [4.69, 9.17) is 0 Å². The zero-order valence-electron chi connectivity index (χ0n) is 21.3. The van der Waals surface area contributed by atoms with E-state index in [1.54, 1.807) is 6.07 Å². The molecule has 0 atom stereocenters. The molecule has 0 fully saturated rings. The fraction of sp³-hybridized carbons (Fsp3) is 0.643. The molecule has 0 aromatic heterocycles. The number of hydrogen-bond acceptors (Lipinski definition) is 3. The average molecular weight is 499 g/mol. The van der Waals surface area contributed by atoms with Gasteiger partial charge in [0.25, 0.3) is 0 Å². The van der Waals surface area contributed by atoms with Crippen LogP contribution in [0.15, 0.2) is 35.2 Å². The molecule has 0 saturated heterocycles. The topological polar surface area (TPSA) is 57.2 Å². The van der Waals surface area contributed by atoms with Gasteiger partial charge in [-0.2, -0.15) is 0 Å². The molecule has 0 amide bonds. The first kappa shape index (κ1) is 31.3. The predicted octanol–water partition coefficient (Wildman–Crippen LogP) is 5.33. The van der Waals surface area contributed by atoms with Crippen molar-refractivity contribution >= 4 is 20.9 Å². The second-order valence-electron chi connectivity index (χ2n) is 9.29. The Morgan fingerprint density at radius 3 is 1.70 bits per heavy atom. The zero-order valence-corrected chi connectivity index (χ0v) is 25.3. The van der Waals surface area contributed by atoms with Crippen LogP contribution < -0.4 is 51.4 Å². The molecular formula is C28H43KO3S. The standard InChI is InChI=1S/C28H44O3S.K/c1-3-5-7-9-11-13-15-17-24-19-20-25-21-22-28(32(29,30)31)26(27(25)23-24)18-16-14-12-10-8-6-4-2;/h19-23H,3-18H2,1-2H3,(H,29,30,31);/q;+1/p-1. The van der Waals surface area contributed by atoms with E-state index in [0.717, 1.165) is 42.0 Å². The number of aryl methyl sites for hydroxylation is 2. The van der Waals surface area contributed by atoms with Gasteiger partial charge in [0, 0.05) is 0 Å². The molecule has 3 nitrogen and oxygen atoms in total. The summed E-state index contributed by atoms with van der Waals surface area (Å²) in [5.41, 5.74) is 1.97. The molecule has 2 aromatic carbocycles. The van der Waals surface area contributed by atoms with Crippen LogP contribution in [0, 0.1) is 0 Å². The summed E-state index contributed by atoms with van der Waals surface area (Å²) in [6.07, 6.45) is 18.8. The maximum Gasteiger partial charge on any atom is 1.00 e. The van der Waals surface area contributed by atoms with Gasteiger partial charge in [-0.05, 0) is 53.6 Å². The van der Waals surface area contributed by atoms with Gasteiger partial charge in [-0.15, -0.1) is 0 Å². The minimum atomic E-state index is -4.47. The summed E-state index contributed by atoms with van der Waals surface area (Å²) < 4.78 is 35.9. The average Bonchev–Trinajstić information content (AvgIpc) is 2.77. The largest absolute Gasteiger partial charge is 1.00 e. The first-order chi connectivity index (χ1) is 15.5. The van der Waals surface area contributed by atoms with E-state index in [-0.39, 0.29) is 56.3 Å². The third-order valence-electron chi connectivity index (χ3n) is 6.52. The van der Waals surface area contributed by atoms with Crippen LogP contribution in [0.3, 0.4) is 0 Å². The van der Waals surface area contributed by atoms with Crippen LogP contribution in [-0.2, 0) is 23.0 Å². The van der Waals surface area contributed by atoms with Crippen LogP contribution in [-0.4, -0.2) is 13.0 Å². The second kappa shape index (κ2) is 17.6. The smallest absolute Gasteiger partial charge is 0.744 e. The molecule has 0 aliphatic heterocycles. The Labute approximate surface area is 245 Å². The van der Waals surface area contributed by atoms with Crippen molar-refractivity contribution in [2.75, 3.05) is 0 Å². The van der Waals surface area contributed by atoms with Gasteiger partial charge in [-0.25, -0.2) is 8.42 Å². The molecule has 0 saturated carbocycles. The molecule has 0 spiro atoms. The summed E-state index contributed by atoms with van der Waals surface area (Å²) in [7, 11) is -4.47. The summed E-state index contributed by atoms with van der Waals surface area (Å²) in [5, 5.41) is 1.98.